The number of aromatic nitrogens is 2. The lowest BCUT2D eigenvalue weighted by atomic mass is 10.2. The molecule has 1 aromatic carbocycles. The number of carbonyl (C=O) groups is 1. The minimum atomic E-state index is -0.456. The quantitative estimate of drug-likeness (QED) is 0.841. The van der Waals surface area contributed by atoms with Gasteiger partial charge in [0.05, 0.1) is 31.0 Å². The van der Waals surface area contributed by atoms with Gasteiger partial charge in [-0.15, -0.1) is 0 Å². The smallest absolute Gasteiger partial charge is 0.356 e. The molecule has 0 radical (unpaired) electrons. The van der Waals surface area contributed by atoms with E-state index in [1.54, 1.807) is 0 Å². The van der Waals surface area contributed by atoms with Crippen LogP contribution in [-0.2, 0) is 4.74 Å². The van der Waals surface area contributed by atoms with Gasteiger partial charge in [-0.3, -0.25) is 0 Å². The topological polar surface area (TPSA) is 73.4 Å². The number of benzene rings is 1. The zero-order valence-corrected chi connectivity index (χ0v) is 12.9. The van der Waals surface area contributed by atoms with Crippen molar-refractivity contribution >= 4 is 21.9 Å². The van der Waals surface area contributed by atoms with Gasteiger partial charge in [0.25, 0.3) is 0 Å². The number of ether oxygens (including phenoxy) is 3. The highest BCUT2D eigenvalue weighted by molar-refractivity contribution is 9.10. The second-order valence-corrected chi connectivity index (χ2v) is 5.33. The molecule has 2 aromatic rings. The number of imidazole rings is 1. The molecule has 6 nitrogen and oxygen atoms in total. The van der Waals surface area contributed by atoms with Crippen LogP contribution in [0.15, 0.2) is 22.8 Å². The van der Waals surface area contributed by atoms with Crippen molar-refractivity contribution in [3.63, 3.8) is 0 Å². The number of aromatic amines is 1. The van der Waals surface area contributed by atoms with Gasteiger partial charge < -0.3 is 19.2 Å². The number of hydrogen-bond acceptors (Lipinski definition) is 5. The van der Waals surface area contributed by atoms with E-state index in [2.05, 4.69) is 30.6 Å². The molecule has 0 bridgehead atoms. The number of halogens is 1. The fourth-order valence-electron chi connectivity index (χ4n) is 2.05. The summed E-state index contributed by atoms with van der Waals surface area (Å²) in [4.78, 5) is 18.6. The maximum atomic E-state index is 11.5. The molecule has 1 aromatic heterocycles. The molecule has 0 saturated heterocycles. The van der Waals surface area contributed by atoms with Gasteiger partial charge in [0, 0.05) is 12.0 Å². The largest absolute Gasteiger partial charge is 0.489 e. The summed E-state index contributed by atoms with van der Waals surface area (Å²) in [5, 5.41) is 0. The second kappa shape index (κ2) is 5.77. The Morgan fingerprint density at radius 3 is 3.00 bits per heavy atom. The van der Waals surface area contributed by atoms with Crippen molar-refractivity contribution in [3.8, 4) is 22.9 Å². The van der Waals surface area contributed by atoms with Crippen LogP contribution in [-0.4, -0.2) is 36.3 Å². The fourth-order valence-corrected chi connectivity index (χ4v) is 2.61. The van der Waals surface area contributed by atoms with Crippen LogP contribution in [0.3, 0.4) is 0 Å². The predicted molar refractivity (Wildman–Crippen MR) is 78.7 cm³/mol. The molecule has 1 aliphatic rings. The Morgan fingerprint density at radius 1 is 1.38 bits per heavy atom. The number of methoxy groups -OCH3 is 1. The van der Waals surface area contributed by atoms with E-state index in [4.69, 9.17) is 9.47 Å². The molecule has 0 aliphatic carbocycles. The third-order valence-electron chi connectivity index (χ3n) is 3.06. The minimum Gasteiger partial charge on any atom is -0.489 e. The molecule has 0 fully saturated rings. The highest BCUT2D eigenvalue weighted by Crippen LogP contribution is 2.40. The van der Waals surface area contributed by atoms with Gasteiger partial charge in [-0.1, -0.05) is 0 Å². The third-order valence-corrected chi connectivity index (χ3v) is 3.65. The number of nitrogens with zero attached hydrogens (tertiary/aromatic N) is 1. The van der Waals surface area contributed by atoms with E-state index in [1.807, 2.05) is 12.1 Å². The maximum Gasteiger partial charge on any atom is 0.356 e. The van der Waals surface area contributed by atoms with Gasteiger partial charge in [-0.05, 0) is 28.1 Å². The molecular formula is C14H13BrN2O4. The van der Waals surface area contributed by atoms with E-state index in [1.165, 1.54) is 13.3 Å². The van der Waals surface area contributed by atoms with Crippen LogP contribution < -0.4 is 9.47 Å². The lowest BCUT2D eigenvalue weighted by Crippen LogP contribution is -2.01. The van der Waals surface area contributed by atoms with Gasteiger partial charge in [-0.25, -0.2) is 9.78 Å². The van der Waals surface area contributed by atoms with Crippen molar-refractivity contribution < 1.29 is 19.0 Å². The molecule has 2 heterocycles. The maximum absolute atomic E-state index is 11.5. The van der Waals surface area contributed by atoms with Gasteiger partial charge in [0.15, 0.2) is 11.5 Å². The average Bonchev–Trinajstić information content (AvgIpc) is 2.86. The van der Waals surface area contributed by atoms with E-state index >= 15 is 0 Å². The first kappa shape index (κ1) is 13.9. The molecule has 0 amide bonds. The SMILES string of the molecule is COC(=O)c1cnc(-c2cc(Br)c3c(c2)OCCCO3)[nH]1. The van der Waals surface area contributed by atoms with Crippen molar-refractivity contribution in [1.82, 2.24) is 9.97 Å². The monoisotopic (exact) mass is 352 g/mol. The highest BCUT2D eigenvalue weighted by Gasteiger charge is 2.18. The third kappa shape index (κ3) is 2.73. The van der Waals surface area contributed by atoms with Crippen molar-refractivity contribution in [2.75, 3.05) is 20.3 Å². The van der Waals surface area contributed by atoms with Crippen LogP contribution >= 0.6 is 15.9 Å². The molecule has 0 saturated carbocycles. The molecule has 1 aliphatic heterocycles. The Hall–Kier alpha value is -2.02. The zero-order chi connectivity index (χ0) is 14.8. The van der Waals surface area contributed by atoms with Crippen molar-refractivity contribution in [2.24, 2.45) is 0 Å². The van der Waals surface area contributed by atoms with Crippen LogP contribution in [0.4, 0.5) is 0 Å². The Kier molecular flexibility index (Phi) is 3.83. The van der Waals surface area contributed by atoms with Crippen LogP contribution in [0, 0.1) is 0 Å². The molecule has 0 atom stereocenters. The molecule has 0 spiro atoms. The highest BCUT2D eigenvalue weighted by atomic mass is 79.9. The van der Waals surface area contributed by atoms with Gasteiger partial charge in [0.2, 0.25) is 0 Å². The molecule has 3 rings (SSSR count). The summed E-state index contributed by atoms with van der Waals surface area (Å²) >= 11 is 3.48. The summed E-state index contributed by atoms with van der Waals surface area (Å²) in [7, 11) is 1.33. The molecular weight excluding hydrogens is 340 g/mol. The summed E-state index contributed by atoms with van der Waals surface area (Å²) in [6.45, 7) is 1.23. The zero-order valence-electron chi connectivity index (χ0n) is 11.3. The first-order valence-electron chi connectivity index (χ1n) is 6.42. The average molecular weight is 353 g/mol. The number of H-pyrrole nitrogens is 1. The minimum absolute atomic E-state index is 0.302. The van der Waals surface area contributed by atoms with Crippen molar-refractivity contribution in [1.29, 1.82) is 0 Å². The summed E-state index contributed by atoms with van der Waals surface area (Å²) in [6.07, 6.45) is 2.28. The molecule has 110 valence electrons. The molecule has 0 unspecified atom stereocenters. The summed E-state index contributed by atoms with van der Waals surface area (Å²) in [5.41, 5.74) is 1.09. The number of nitrogens with one attached hydrogen (secondary N) is 1. The standard InChI is InChI=1S/C14H13BrN2O4/c1-19-14(18)10-7-16-13(17-10)8-5-9(15)12-11(6-8)20-3-2-4-21-12/h5-7H,2-4H2,1H3,(H,16,17). The number of fused-ring (bicyclic) bond motifs is 1. The summed E-state index contributed by atoms with van der Waals surface area (Å²) < 4.78 is 16.8. The van der Waals surface area contributed by atoms with E-state index in [0.717, 1.165) is 16.5 Å². The molecule has 1 N–H and O–H groups in total. The normalized spacial score (nSPS) is 13.6. The summed E-state index contributed by atoms with van der Waals surface area (Å²) in [5.74, 6) is 1.46. The Morgan fingerprint density at radius 2 is 2.19 bits per heavy atom. The Labute approximate surface area is 129 Å². The first-order chi connectivity index (χ1) is 10.2. The molecule has 7 heteroatoms. The first-order valence-corrected chi connectivity index (χ1v) is 7.21. The van der Waals surface area contributed by atoms with Gasteiger partial charge in [0.1, 0.15) is 11.5 Å². The van der Waals surface area contributed by atoms with E-state index < -0.39 is 5.97 Å². The van der Waals surface area contributed by atoms with Gasteiger partial charge in [-0.2, -0.15) is 0 Å². The van der Waals surface area contributed by atoms with Crippen LogP contribution in [0.1, 0.15) is 16.9 Å². The number of carbonyl (C=O) groups excluding carboxylic acids is 1. The number of rotatable bonds is 2. The number of esters is 1. The van der Waals surface area contributed by atoms with Crippen molar-refractivity contribution in [3.05, 3.63) is 28.5 Å². The fraction of sp³-hybridized carbons (Fsp3) is 0.286. The Bertz CT molecular complexity index is 684. The number of hydrogen-bond donors (Lipinski definition) is 1. The van der Waals surface area contributed by atoms with Crippen LogP contribution in [0.25, 0.3) is 11.4 Å². The molecule has 21 heavy (non-hydrogen) atoms. The Balaban J connectivity index is 1.99. The van der Waals surface area contributed by atoms with E-state index in [-0.39, 0.29) is 0 Å². The summed E-state index contributed by atoms with van der Waals surface area (Å²) in [6, 6.07) is 3.71. The lowest BCUT2D eigenvalue weighted by molar-refractivity contribution is 0.0595. The second-order valence-electron chi connectivity index (χ2n) is 4.47. The van der Waals surface area contributed by atoms with Crippen molar-refractivity contribution in [2.45, 2.75) is 6.42 Å². The van der Waals surface area contributed by atoms with E-state index in [0.29, 0.717) is 36.2 Å². The van der Waals surface area contributed by atoms with E-state index in [9.17, 15) is 4.79 Å². The van der Waals surface area contributed by atoms with Crippen LogP contribution in [0.2, 0.25) is 0 Å². The van der Waals surface area contributed by atoms with Crippen LogP contribution in [0.5, 0.6) is 11.5 Å². The predicted octanol–water partition coefficient (Wildman–Crippen LogP) is 2.79. The lowest BCUT2D eigenvalue weighted by Gasteiger charge is -2.10. The van der Waals surface area contributed by atoms with Gasteiger partial charge >= 0.3 is 5.97 Å².